The highest BCUT2D eigenvalue weighted by atomic mass is 19.4. The van der Waals surface area contributed by atoms with Crippen LogP contribution in [0.5, 0.6) is 11.5 Å². The lowest BCUT2D eigenvalue weighted by atomic mass is 10.1. The molecule has 39 heavy (non-hydrogen) atoms. The van der Waals surface area contributed by atoms with Crippen molar-refractivity contribution in [2.45, 2.75) is 38.4 Å². The number of alkyl halides is 6. The van der Waals surface area contributed by atoms with Crippen LogP contribution in [-0.4, -0.2) is 36.3 Å². The first kappa shape index (κ1) is 29.5. The van der Waals surface area contributed by atoms with Gasteiger partial charge in [-0.2, -0.15) is 26.3 Å². The average molecular weight is 559 g/mol. The number of benzene rings is 2. The van der Waals surface area contributed by atoms with E-state index in [-0.39, 0.29) is 5.56 Å². The minimum atomic E-state index is -5.86. The lowest BCUT2D eigenvalue weighted by Crippen LogP contribution is -2.45. The van der Waals surface area contributed by atoms with Crippen molar-refractivity contribution in [1.29, 1.82) is 0 Å². The van der Waals surface area contributed by atoms with E-state index in [9.17, 15) is 40.7 Å². The first-order valence-electron chi connectivity index (χ1n) is 11.4. The zero-order valence-electron chi connectivity index (χ0n) is 20.5. The monoisotopic (exact) mass is 559 g/mol. The molecule has 2 unspecified atom stereocenters. The normalized spacial score (nSPS) is 19.4. The largest absolute Gasteiger partial charge is 0.457 e. The summed E-state index contributed by atoms with van der Waals surface area (Å²) in [7, 11) is 0. The third-order valence-corrected chi connectivity index (χ3v) is 6.07. The third-order valence-electron chi connectivity index (χ3n) is 6.07. The van der Waals surface area contributed by atoms with Gasteiger partial charge in [0.2, 0.25) is 6.10 Å². The van der Waals surface area contributed by atoms with Crippen LogP contribution in [-0.2, 0) is 23.9 Å². The summed E-state index contributed by atoms with van der Waals surface area (Å²) < 4.78 is 90.3. The Labute approximate surface area is 218 Å². The van der Waals surface area contributed by atoms with Gasteiger partial charge in [0.05, 0.1) is 5.92 Å². The van der Waals surface area contributed by atoms with Gasteiger partial charge in [0.25, 0.3) is 12.0 Å². The van der Waals surface area contributed by atoms with Gasteiger partial charge in [-0.25, -0.2) is 4.79 Å². The van der Waals surface area contributed by atoms with E-state index < -0.39 is 59.7 Å². The van der Waals surface area contributed by atoms with Crippen molar-refractivity contribution in [1.82, 2.24) is 0 Å². The molecule has 1 amide bonds. The molecule has 0 aliphatic heterocycles. The highest BCUT2D eigenvalue weighted by molar-refractivity contribution is 5.86. The summed E-state index contributed by atoms with van der Waals surface area (Å²) in [5.41, 5.74) is 4.74. The summed E-state index contributed by atoms with van der Waals surface area (Å²) in [5, 5.41) is 0. The van der Waals surface area contributed by atoms with Crippen LogP contribution in [0.3, 0.4) is 0 Å². The second-order valence-corrected chi connectivity index (χ2v) is 9.29. The predicted octanol–water partition coefficient (Wildman–Crippen LogP) is 5.41. The van der Waals surface area contributed by atoms with E-state index in [2.05, 4.69) is 4.74 Å². The molecule has 13 heteroatoms. The number of hydrogen-bond donors (Lipinski definition) is 1. The van der Waals surface area contributed by atoms with E-state index in [1.54, 1.807) is 56.3 Å². The van der Waals surface area contributed by atoms with Gasteiger partial charge in [0.1, 0.15) is 11.5 Å². The van der Waals surface area contributed by atoms with E-state index >= 15 is 0 Å². The first-order valence-corrected chi connectivity index (χ1v) is 11.4. The van der Waals surface area contributed by atoms with Crippen LogP contribution >= 0.6 is 0 Å². The van der Waals surface area contributed by atoms with E-state index in [0.717, 1.165) is 6.08 Å². The number of halogens is 6. The van der Waals surface area contributed by atoms with E-state index in [0.29, 0.717) is 17.6 Å². The Balaban J connectivity index is 1.69. The molecule has 7 nitrogen and oxygen atoms in total. The van der Waals surface area contributed by atoms with E-state index in [1.807, 2.05) is 0 Å². The van der Waals surface area contributed by atoms with Crippen LogP contribution < -0.4 is 10.5 Å². The molecular formula is C26H23F6NO6. The summed E-state index contributed by atoms with van der Waals surface area (Å²) in [6.07, 6.45) is -16.2. The molecule has 210 valence electrons. The number of primary amides is 1. The van der Waals surface area contributed by atoms with Gasteiger partial charge in [0, 0.05) is 11.6 Å². The Kier molecular flexibility index (Phi) is 8.32. The fourth-order valence-electron chi connectivity index (χ4n) is 3.99. The van der Waals surface area contributed by atoms with Crippen LogP contribution in [0.2, 0.25) is 0 Å². The first-order chi connectivity index (χ1) is 18.0. The minimum absolute atomic E-state index is 0.198. The van der Waals surface area contributed by atoms with E-state index in [4.69, 9.17) is 15.2 Å². The van der Waals surface area contributed by atoms with E-state index in [1.165, 1.54) is 12.1 Å². The highest BCUT2D eigenvalue weighted by Crippen LogP contribution is 2.59. The average Bonchev–Trinajstić information content (AvgIpc) is 3.38. The van der Waals surface area contributed by atoms with Crippen molar-refractivity contribution in [2.24, 2.45) is 23.0 Å². The molecule has 2 aromatic rings. The quantitative estimate of drug-likeness (QED) is 0.250. The maximum Gasteiger partial charge on any atom is 0.434 e. The molecule has 3 rings (SSSR count). The molecule has 1 aliphatic carbocycles. The third kappa shape index (κ3) is 7.30. The van der Waals surface area contributed by atoms with Crippen molar-refractivity contribution in [2.75, 3.05) is 0 Å². The SMILES string of the molecule is CC1(C)C(/C=C\C(=O)OC(C(F)(F)F)C(F)(F)F)C1C(=O)O[C@H](C(N)=O)c1cccc(Oc2ccccc2)c1. The van der Waals surface area contributed by atoms with Gasteiger partial charge >= 0.3 is 24.3 Å². The Hall–Kier alpha value is -4.03. The maximum absolute atomic E-state index is 12.9. The van der Waals surface area contributed by atoms with Gasteiger partial charge in [-0.3, -0.25) is 9.59 Å². The van der Waals surface area contributed by atoms with Crippen molar-refractivity contribution in [3.05, 3.63) is 72.3 Å². The van der Waals surface area contributed by atoms with Crippen molar-refractivity contribution in [3.63, 3.8) is 0 Å². The van der Waals surface area contributed by atoms with Crippen molar-refractivity contribution in [3.8, 4) is 11.5 Å². The summed E-state index contributed by atoms with van der Waals surface area (Å²) in [4.78, 5) is 36.7. The molecule has 0 spiro atoms. The molecule has 2 N–H and O–H groups in total. The smallest absolute Gasteiger partial charge is 0.434 e. The number of rotatable bonds is 9. The van der Waals surface area contributed by atoms with Crippen LogP contribution in [0.25, 0.3) is 0 Å². The standard InChI is InChI=1S/C26H23F6NO6/c1-24(2)17(11-12-18(34)38-23(25(27,28)29)26(30,31)32)19(24)22(36)39-20(21(33)35)14-7-6-10-16(13-14)37-15-8-4-3-5-9-15/h3-13,17,19-20,23H,1-2H3,(H2,33,35)/b12-11-/t17?,19?,20-/m0/s1. The number of nitrogens with two attached hydrogens (primary N) is 1. The molecule has 1 fully saturated rings. The molecular weight excluding hydrogens is 536 g/mol. The molecule has 3 atom stereocenters. The molecule has 0 heterocycles. The predicted molar refractivity (Wildman–Crippen MR) is 123 cm³/mol. The lowest BCUT2D eigenvalue weighted by Gasteiger charge is -2.22. The van der Waals surface area contributed by atoms with Crippen molar-refractivity contribution >= 4 is 17.8 Å². The van der Waals surface area contributed by atoms with Crippen LogP contribution in [0.15, 0.2) is 66.7 Å². The number of ether oxygens (including phenoxy) is 3. The van der Waals surface area contributed by atoms with Gasteiger partial charge in [0.15, 0.2) is 0 Å². The molecule has 0 bridgehead atoms. The van der Waals surface area contributed by atoms with Gasteiger partial charge in [-0.05, 0) is 35.6 Å². The number of carbonyl (C=O) groups is 3. The molecule has 0 aromatic heterocycles. The lowest BCUT2D eigenvalue weighted by molar-refractivity contribution is -0.312. The molecule has 2 aromatic carbocycles. The number of amides is 1. The van der Waals surface area contributed by atoms with Gasteiger partial charge < -0.3 is 19.9 Å². The summed E-state index contributed by atoms with van der Waals surface area (Å²) in [6, 6.07) is 14.8. The summed E-state index contributed by atoms with van der Waals surface area (Å²) in [5.74, 6) is -4.77. The highest BCUT2D eigenvalue weighted by Gasteiger charge is 2.62. The summed E-state index contributed by atoms with van der Waals surface area (Å²) >= 11 is 0. The zero-order chi connectivity index (χ0) is 29.2. The molecule has 1 aliphatic rings. The van der Waals surface area contributed by atoms with Gasteiger partial charge in [-0.15, -0.1) is 0 Å². The Morgan fingerprint density at radius 2 is 1.49 bits per heavy atom. The number of carbonyl (C=O) groups excluding carboxylic acids is 3. The van der Waals surface area contributed by atoms with Crippen LogP contribution in [0.4, 0.5) is 26.3 Å². The van der Waals surface area contributed by atoms with Crippen LogP contribution in [0, 0.1) is 17.3 Å². The second kappa shape index (κ2) is 11.0. The zero-order valence-corrected chi connectivity index (χ0v) is 20.5. The molecule has 0 saturated heterocycles. The molecule has 0 radical (unpaired) electrons. The Bertz CT molecular complexity index is 1230. The van der Waals surface area contributed by atoms with Crippen LogP contribution in [0.1, 0.15) is 25.5 Å². The van der Waals surface area contributed by atoms with Gasteiger partial charge in [-0.1, -0.05) is 50.3 Å². The van der Waals surface area contributed by atoms with Crippen molar-refractivity contribution < 1.29 is 54.9 Å². The number of esters is 2. The Morgan fingerprint density at radius 1 is 0.897 bits per heavy atom. The summed E-state index contributed by atoms with van der Waals surface area (Å²) in [6.45, 7) is 3.11. The molecule has 1 saturated carbocycles. The Morgan fingerprint density at radius 3 is 2.05 bits per heavy atom. The fourth-order valence-corrected chi connectivity index (χ4v) is 3.99. The minimum Gasteiger partial charge on any atom is -0.457 e. The topological polar surface area (TPSA) is 105 Å². The number of hydrogen-bond acceptors (Lipinski definition) is 6. The second-order valence-electron chi connectivity index (χ2n) is 9.29. The fraction of sp³-hybridized carbons (Fsp3) is 0.346. The number of allylic oxidation sites excluding steroid dienone is 1. The maximum atomic E-state index is 12.9. The number of para-hydroxylation sites is 1.